The molecule has 1 rings (SSSR count). The molecule has 0 amide bonds. The molecule has 13 heavy (non-hydrogen) atoms. The molecule has 0 aromatic heterocycles. The van der Waals surface area contributed by atoms with E-state index >= 15 is 0 Å². The van der Waals surface area contributed by atoms with Crippen LogP contribution in [0.4, 0.5) is 0 Å². The zero-order valence-corrected chi connectivity index (χ0v) is 9.56. The summed E-state index contributed by atoms with van der Waals surface area (Å²) in [7, 11) is 0. The second kappa shape index (κ2) is 3.61. The predicted octanol–water partition coefficient (Wildman–Crippen LogP) is 3.36. The summed E-state index contributed by atoms with van der Waals surface area (Å²) in [4.78, 5) is 0. The molecule has 1 nitrogen and oxygen atoms in total. The third kappa shape index (κ3) is 1.52. The number of aliphatic hydroxyl groups excluding tert-OH is 1. The van der Waals surface area contributed by atoms with Crippen molar-refractivity contribution in [1.29, 1.82) is 0 Å². The first kappa shape index (κ1) is 11.0. The minimum atomic E-state index is -0.102. The maximum absolute atomic E-state index is 10.1. The predicted molar refractivity (Wildman–Crippen MR) is 56.7 cm³/mol. The zero-order valence-electron chi connectivity index (χ0n) is 9.56. The van der Waals surface area contributed by atoms with Crippen LogP contribution in [-0.2, 0) is 0 Å². The van der Waals surface area contributed by atoms with Gasteiger partial charge in [0.2, 0.25) is 0 Å². The van der Waals surface area contributed by atoms with Crippen LogP contribution in [0.3, 0.4) is 0 Å². The lowest BCUT2D eigenvalue weighted by atomic mass is 9.62. The molecular weight excluding hydrogens is 160 g/mol. The van der Waals surface area contributed by atoms with Crippen LogP contribution >= 0.6 is 0 Å². The summed E-state index contributed by atoms with van der Waals surface area (Å²) in [5.74, 6) is 0. The van der Waals surface area contributed by atoms with Gasteiger partial charge in [-0.3, -0.25) is 0 Å². The molecule has 1 fully saturated rings. The van der Waals surface area contributed by atoms with Crippen molar-refractivity contribution in [3.63, 3.8) is 0 Å². The highest BCUT2D eigenvalue weighted by molar-refractivity contribution is 5.00. The van der Waals surface area contributed by atoms with Crippen LogP contribution in [0.25, 0.3) is 0 Å². The van der Waals surface area contributed by atoms with Gasteiger partial charge in [0.1, 0.15) is 0 Å². The van der Waals surface area contributed by atoms with E-state index in [4.69, 9.17) is 0 Å². The first-order chi connectivity index (χ1) is 6.00. The Balaban J connectivity index is 2.91. The molecule has 1 aliphatic carbocycles. The first-order valence-electron chi connectivity index (χ1n) is 5.68. The Morgan fingerprint density at radius 1 is 1.23 bits per heavy atom. The minimum Gasteiger partial charge on any atom is -0.393 e. The van der Waals surface area contributed by atoms with Gasteiger partial charge < -0.3 is 5.11 Å². The standard InChI is InChI=1S/C12H24O/c1-5-10(13)12(6-2)9-7-8-11(12,3)4/h10,13H,5-9H2,1-4H3/t10-,12?/m1/s1. The van der Waals surface area contributed by atoms with Crippen molar-refractivity contribution in [2.24, 2.45) is 10.8 Å². The molecular formula is C12H24O. The zero-order chi connectivity index (χ0) is 10.1. The number of hydrogen-bond acceptors (Lipinski definition) is 1. The molecule has 0 heterocycles. The highest BCUT2D eigenvalue weighted by atomic mass is 16.3. The maximum atomic E-state index is 10.1. The van der Waals surface area contributed by atoms with Crippen LogP contribution in [0.15, 0.2) is 0 Å². The smallest absolute Gasteiger partial charge is 0.0598 e. The van der Waals surface area contributed by atoms with Gasteiger partial charge in [0, 0.05) is 5.41 Å². The molecule has 1 saturated carbocycles. The fourth-order valence-electron chi connectivity index (χ4n) is 3.33. The van der Waals surface area contributed by atoms with E-state index in [1.54, 1.807) is 0 Å². The third-order valence-electron chi connectivity index (χ3n) is 4.43. The lowest BCUT2D eigenvalue weighted by molar-refractivity contribution is -0.0469. The molecule has 1 aliphatic rings. The van der Waals surface area contributed by atoms with Crippen molar-refractivity contribution in [3.8, 4) is 0 Å². The van der Waals surface area contributed by atoms with Gasteiger partial charge in [-0.2, -0.15) is 0 Å². The van der Waals surface area contributed by atoms with Crippen LogP contribution < -0.4 is 0 Å². The third-order valence-corrected chi connectivity index (χ3v) is 4.43. The van der Waals surface area contributed by atoms with E-state index < -0.39 is 0 Å². The Hall–Kier alpha value is -0.0400. The Labute approximate surface area is 82.5 Å². The fraction of sp³-hybridized carbons (Fsp3) is 1.00. The summed E-state index contributed by atoms with van der Waals surface area (Å²) in [6, 6.07) is 0. The molecule has 0 aromatic carbocycles. The van der Waals surface area contributed by atoms with Crippen LogP contribution in [0.1, 0.15) is 59.8 Å². The van der Waals surface area contributed by atoms with Gasteiger partial charge >= 0.3 is 0 Å². The van der Waals surface area contributed by atoms with Crippen molar-refractivity contribution in [2.45, 2.75) is 65.9 Å². The number of rotatable bonds is 3. The molecule has 0 aromatic rings. The summed E-state index contributed by atoms with van der Waals surface area (Å²) in [5.41, 5.74) is 0.527. The molecule has 1 heteroatoms. The largest absolute Gasteiger partial charge is 0.393 e. The summed E-state index contributed by atoms with van der Waals surface area (Å²) >= 11 is 0. The van der Waals surface area contributed by atoms with E-state index in [0.29, 0.717) is 5.41 Å². The van der Waals surface area contributed by atoms with Gasteiger partial charge in [-0.1, -0.05) is 34.1 Å². The van der Waals surface area contributed by atoms with Gasteiger partial charge in [-0.25, -0.2) is 0 Å². The van der Waals surface area contributed by atoms with Crippen molar-refractivity contribution < 1.29 is 5.11 Å². The monoisotopic (exact) mass is 184 g/mol. The summed E-state index contributed by atoms with van der Waals surface area (Å²) in [6.45, 7) is 8.97. The SMILES string of the molecule is CC[C@@H](O)C1(CC)CCCC1(C)C. The normalized spacial score (nSPS) is 34.8. The topological polar surface area (TPSA) is 20.2 Å². The van der Waals surface area contributed by atoms with Gasteiger partial charge in [-0.05, 0) is 31.1 Å². The molecule has 2 atom stereocenters. The van der Waals surface area contributed by atoms with Gasteiger partial charge in [0.15, 0.2) is 0 Å². The minimum absolute atomic E-state index is 0.102. The quantitative estimate of drug-likeness (QED) is 0.713. The summed E-state index contributed by atoms with van der Waals surface area (Å²) < 4.78 is 0. The molecule has 1 unspecified atom stereocenters. The molecule has 78 valence electrons. The van der Waals surface area contributed by atoms with Gasteiger partial charge in [0.05, 0.1) is 6.10 Å². The average Bonchev–Trinajstić information content (AvgIpc) is 2.40. The van der Waals surface area contributed by atoms with Gasteiger partial charge in [0.25, 0.3) is 0 Å². The van der Waals surface area contributed by atoms with Crippen LogP contribution in [0.5, 0.6) is 0 Å². The molecule has 0 radical (unpaired) electrons. The number of hydrogen-bond donors (Lipinski definition) is 1. The molecule has 0 aliphatic heterocycles. The maximum Gasteiger partial charge on any atom is 0.0598 e. The summed E-state index contributed by atoms with van der Waals surface area (Å²) in [5, 5.41) is 10.1. The highest BCUT2D eigenvalue weighted by Gasteiger charge is 2.50. The van der Waals surface area contributed by atoms with E-state index in [1.807, 2.05) is 0 Å². The van der Waals surface area contributed by atoms with E-state index in [1.165, 1.54) is 19.3 Å². The number of aliphatic hydroxyl groups is 1. The van der Waals surface area contributed by atoms with Gasteiger partial charge in [-0.15, -0.1) is 0 Å². The van der Waals surface area contributed by atoms with E-state index in [0.717, 1.165) is 12.8 Å². The van der Waals surface area contributed by atoms with E-state index in [-0.39, 0.29) is 11.5 Å². The second-order valence-electron chi connectivity index (χ2n) is 5.17. The first-order valence-corrected chi connectivity index (χ1v) is 5.68. The molecule has 0 bridgehead atoms. The summed E-state index contributed by atoms with van der Waals surface area (Å²) in [6.07, 6.45) is 5.70. The second-order valence-corrected chi connectivity index (χ2v) is 5.17. The Kier molecular flexibility index (Phi) is 3.06. The highest BCUT2D eigenvalue weighted by Crippen LogP contribution is 2.57. The Morgan fingerprint density at radius 2 is 1.85 bits per heavy atom. The van der Waals surface area contributed by atoms with Crippen molar-refractivity contribution >= 4 is 0 Å². The Bertz CT molecular complexity index is 174. The molecule has 0 saturated heterocycles. The van der Waals surface area contributed by atoms with Crippen molar-refractivity contribution in [1.82, 2.24) is 0 Å². The van der Waals surface area contributed by atoms with Crippen LogP contribution in [-0.4, -0.2) is 11.2 Å². The van der Waals surface area contributed by atoms with Crippen LogP contribution in [0.2, 0.25) is 0 Å². The van der Waals surface area contributed by atoms with E-state index in [9.17, 15) is 5.11 Å². The van der Waals surface area contributed by atoms with E-state index in [2.05, 4.69) is 27.7 Å². The van der Waals surface area contributed by atoms with Crippen molar-refractivity contribution in [2.75, 3.05) is 0 Å². The average molecular weight is 184 g/mol. The lowest BCUT2D eigenvalue weighted by Crippen LogP contribution is -2.42. The van der Waals surface area contributed by atoms with Crippen LogP contribution in [0, 0.1) is 10.8 Å². The molecule has 0 spiro atoms. The lowest BCUT2D eigenvalue weighted by Gasteiger charge is -2.44. The Morgan fingerprint density at radius 3 is 2.15 bits per heavy atom. The van der Waals surface area contributed by atoms with Crippen molar-refractivity contribution in [3.05, 3.63) is 0 Å². The molecule has 1 N–H and O–H groups in total. The fourth-order valence-corrected chi connectivity index (χ4v) is 3.33.